The number of aliphatic hydroxyl groups is 1. The van der Waals surface area contributed by atoms with Gasteiger partial charge in [-0.25, -0.2) is 0 Å². The Kier molecular flexibility index (Phi) is 4.94. The number of rotatable bonds is 4. The van der Waals surface area contributed by atoms with Gasteiger partial charge >= 0.3 is 11.6 Å². The molecule has 2 heterocycles. The maximum absolute atomic E-state index is 13.2. The Labute approximate surface area is 165 Å². The second-order valence-electron chi connectivity index (χ2n) is 6.99. The average molecular weight is 371 g/mol. The minimum Gasteiger partial charge on any atom is -0.506 e. The van der Waals surface area contributed by atoms with Gasteiger partial charge in [-0.15, -0.1) is 0 Å². The van der Waals surface area contributed by atoms with E-state index >= 15 is 0 Å². The number of hydrogen-bond acceptors (Lipinski definition) is 2. The predicted molar refractivity (Wildman–Crippen MR) is 109 cm³/mol. The van der Waals surface area contributed by atoms with E-state index in [1.807, 2.05) is 97.0 Å². The Hall–Kier alpha value is -3.40. The highest BCUT2D eigenvalue weighted by Gasteiger charge is 2.37. The molecule has 4 rings (SSSR count). The Bertz CT molecular complexity index is 996. The van der Waals surface area contributed by atoms with Crippen LogP contribution >= 0.6 is 0 Å². The first kappa shape index (κ1) is 18.0. The topological polar surface area (TPSA) is 44.4 Å². The number of carbonyl (C=O) groups excluding carboxylic acids is 1. The molecule has 1 aliphatic rings. The van der Waals surface area contributed by atoms with E-state index in [1.165, 1.54) is 0 Å². The van der Waals surface area contributed by atoms with Crippen LogP contribution in [-0.4, -0.2) is 22.5 Å². The summed E-state index contributed by atoms with van der Waals surface area (Å²) in [5.41, 5.74) is 3.59. The van der Waals surface area contributed by atoms with Crippen LogP contribution in [0.15, 0.2) is 90.9 Å². The van der Waals surface area contributed by atoms with Gasteiger partial charge in [-0.3, -0.25) is 4.79 Å². The quantitative estimate of drug-likeness (QED) is 0.693. The van der Waals surface area contributed by atoms with E-state index in [2.05, 4.69) is 0 Å². The SMILES string of the molecule is C[C@@H](c1ccccc1)N1CCC(O)=C([n+]2ccc(-c3ccccc3)cc2)C1=O. The Morgan fingerprint density at radius 2 is 1.46 bits per heavy atom. The van der Waals surface area contributed by atoms with Gasteiger partial charge < -0.3 is 10.0 Å². The number of carbonyl (C=O) groups is 1. The largest absolute Gasteiger partial charge is 0.506 e. The van der Waals surface area contributed by atoms with Crippen LogP contribution < -0.4 is 4.57 Å². The van der Waals surface area contributed by atoms with Gasteiger partial charge in [0.2, 0.25) is 0 Å². The second kappa shape index (κ2) is 7.69. The monoisotopic (exact) mass is 371 g/mol. The molecule has 4 heteroatoms. The van der Waals surface area contributed by atoms with Crippen molar-refractivity contribution in [1.29, 1.82) is 0 Å². The molecule has 0 aliphatic carbocycles. The summed E-state index contributed by atoms with van der Waals surface area (Å²) in [6, 6.07) is 23.9. The zero-order valence-corrected chi connectivity index (χ0v) is 15.8. The Balaban J connectivity index is 1.62. The molecular weight excluding hydrogens is 348 g/mol. The van der Waals surface area contributed by atoms with Gasteiger partial charge in [0.25, 0.3) is 0 Å². The van der Waals surface area contributed by atoms with Gasteiger partial charge in [0.1, 0.15) is 0 Å². The van der Waals surface area contributed by atoms with Crippen molar-refractivity contribution < 1.29 is 14.5 Å². The molecular formula is C24H23N2O2+. The molecule has 3 aromatic rings. The summed E-state index contributed by atoms with van der Waals surface area (Å²) in [4.78, 5) is 15.0. The molecule has 28 heavy (non-hydrogen) atoms. The number of hydrogen-bond donors (Lipinski definition) is 1. The van der Waals surface area contributed by atoms with Crippen molar-refractivity contribution in [2.45, 2.75) is 19.4 Å². The third-order valence-electron chi connectivity index (χ3n) is 5.27. The third kappa shape index (κ3) is 3.41. The summed E-state index contributed by atoms with van der Waals surface area (Å²) in [6.45, 7) is 2.53. The highest BCUT2D eigenvalue weighted by atomic mass is 16.3. The molecule has 1 amide bonds. The van der Waals surface area contributed by atoms with Gasteiger partial charge in [0.15, 0.2) is 18.2 Å². The molecule has 0 fully saturated rings. The molecule has 0 bridgehead atoms. The molecule has 4 nitrogen and oxygen atoms in total. The summed E-state index contributed by atoms with van der Waals surface area (Å²) in [5.74, 6) is -0.0171. The molecule has 1 aliphatic heterocycles. The van der Waals surface area contributed by atoms with Crippen LogP contribution in [0.25, 0.3) is 16.8 Å². The Morgan fingerprint density at radius 3 is 2.11 bits per heavy atom. The number of aromatic nitrogens is 1. The van der Waals surface area contributed by atoms with Gasteiger partial charge in [0.05, 0.1) is 6.04 Å². The molecule has 2 aromatic carbocycles. The summed E-state index contributed by atoms with van der Waals surface area (Å²) in [6.07, 6.45) is 4.12. The van der Waals surface area contributed by atoms with Crippen molar-refractivity contribution in [2.75, 3.05) is 6.54 Å². The van der Waals surface area contributed by atoms with Crippen LogP contribution in [0.1, 0.15) is 24.9 Å². The molecule has 0 radical (unpaired) electrons. The van der Waals surface area contributed by atoms with E-state index in [0.717, 1.165) is 16.7 Å². The van der Waals surface area contributed by atoms with Crippen LogP contribution in [-0.2, 0) is 4.79 Å². The maximum Gasteiger partial charge on any atom is 0.323 e. The van der Waals surface area contributed by atoms with E-state index in [1.54, 1.807) is 4.57 Å². The minimum atomic E-state index is -0.155. The molecule has 1 aromatic heterocycles. The van der Waals surface area contributed by atoms with Crippen LogP contribution in [0.4, 0.5) is 0 Å². The van der Waals surface area contributed by atoms with Crippen LogP contribution in [0.3, 0.4) is 0 Å². The maximum atomic E-state index is 13.2. The van der Waals surface area contributed by atoms with E-state index in [0.29, 0.717) is 18.7 Å². The van der Waals surface area contributed by atoms with Crippen LogP contribution in [0, 0.1) is 0 Å². The van der Waals surface area contributed by atoms with E-state index < -0.39 is 0 Å². The number of aliphatic hydroxyl groups excluding tert-OH is 1. The fourth-order valence-corrected chi connectivity index (χ4v) is 3.64. The first-order valence-electron chi connectivity index (χ1n) is 9.50. The van der Waals surface area contributed by atoms with Crippen LogP contribution in [0.5, 0.6) is 0 Å². The number of nitrogens with zero attached hydrogens (tertiary/aromatic N) is 2. The summed E-state index contributed by atoms with van der Waals surface area (Å²) >= 11 is 0. The molecule has 140 valence electrons. The lowest BCUT2D eigenvalue weighted by atomic mass is 10.0. The first-order chi connectivity index (χ1) is 13.6. The number of pyridine rings is 1. The lowest BCUT2D eigenvalue weighted by Gasteiger charge is -2.31. The summed E-state index contributed by atoms with van der Waals surface area (Å²) in [5, 5.41) is 10.5. The van der Waals surface area contributed by atoms with Crippen molar-refractivity contribution in [1.82, 2.24) is 4.90 Å². The predicted octanol–water partition coefficient (Wildman–Crippen LogP) is 4.36. The summed E-state index contributed by atoms with van der Waals surface area (Å²) in [7, 11) is 0. The van der Waals surface area contributed by atoms with Crippen molar-refractivity contribution in [3.05, 3.63) is 96.5 Å². The third-order valence-corrected chi connectivity index (χ3v) is 5.27. The van der Waals surface area contributed by atoms with Crippen molar-refractivity contribution in [3.63, 3.8) is 0 Å². The van der Waals surface area contributed by atoms with Crippen molar-refractivity contribution in [3.8, 4) is 11.1 Å². The molecule has 0 unspecified atom stereocenters. The normalized spacial score (nSPS) is 15.6. The zero-order valence-electron chi connectivity index (χ0n) is 15.8. The highest BCUT2D eigenvalue weighted by Crippen LogP contribution is 2.27. The fourth-order valence-electron chi connectivity index (χ4n) is 3.64. The molecule has 0 spiro atoms. The second-order valence-corrected chi connectivity index (χ2v) is 6.99. The van der Waals surface area contributed by atoms with Gasteiger partial charge in [0, 0.05) is 25.1 Å². The smallest absolute Gasteiger partial charge is 0.323 e. The fraction of sp³-hybridized carbons (Fsp3) is 0.167. The number of benzene rings is 2. The average Bonchev–Trinajstić information content (AvgIpc) is 2.75. The minimum absolute atomic E-state index is 0.0546. The summed E-state index contributed by atoms with van der Waals surface area (Å²) < 4.78 is 1.72. The molecule has 1 N–H and O–H groups in total. The first-order valence-corrected chi connectivity index (χ1v) is 9.50. The van der Waals surface area contributed by atoms with Crippen LogP contribution in [0.2, 0.25) is 0 Å². The van der Waals surface area contributed by atoms with E-state index in [9.17, 15) is 9.90 Å². The van der Waals surface area contributed by atoms with Crippen molar-refractivity contribution >= 4 is 11.6 Å². The van der Waals surface area contributed by atoms with Gasteiger partial charge in [-0.1, -0.05) is 60.7 Å². The zero-order chi connectivity index (χ0) is 19.5. The standard InChI is InChI=1S/C24H22N2O2/c1-18(19-8-4-2-5-9-19)26-17-14-22(27)23(24(26)28)25-15-12-21(13-16-25)20-10-6-3-7-11-20/h2-13,15-16,18H,14,17H2,1H3/p+1/t18-/m0/s1. The van der Waals surface area contributed by atoms with E-state index in [-0.39, 0.29) is 17.7 Å². The van der Waals surface area contributed by atoms with Gasteiger partial charge in [-0.2, -0.15) is 4.57 Å². The van der Waals surface area contributed by atoms with E-state index in [4.69, 9.17) is 0 Å². The molecule has 1 atom stereocenters. The Morgan fingerprint density at radius 1 is 0.893 bits per heavy atom. The molecule has 0 saturated carbocycles. The molecule has 0 saturated heterocycles. The number of amides is 1. The van der Waals surface area contributed by atoms with Gasteiger partial charge in [-0.05, 0) is 23.6 Å². The lowest BCUT2D eigenvalue weighted by Crippen LogP contribution is -2.48. The lowest BCUT2D eigenvalue weighted by molar-refractivity contribution is -0.579. The van der Waals surface area contributed by atoms with Crippen molar-refractivity contribution in [2.24, 2.45) is 0 Å². The highest BCUT2D eigenvalue weighted by molar-refractivity contribution is 6.11.